The lowest BCUT2D eigenvalue weighted by molar-refractivity contribution is -0.125. The molecule has 128 valence electrons. The second-order valence-corrected chi connectivity index (χ2v) is 7.60. The molecule has 0 radical (unpaired) electrons. The maximum Gasteiger partial charge on any atom is 0.253 e. The molecular formula is C16H23NO5S. The first-order valence-electron chi connectivity index (χ1n) is 7.74. The van der Waals surface area contributed by atoms with Crippen LogP contribution in [-0.4, -0.2) is 46.0 Å². The fourth-order valence-corrected chi connectivity index (χ4v) is 4.04. The summed E-state index contributed by atoms with van der Waals surface area (Å²) in [7, 11) is -1.90. The molecule has 2 atom stereocenters. The molecule has 7 heteroatoms. The summed E-state index contributed by atoms with van der Waals surface area (Å²) in [6.07, 6.45) is 1.52. The molecule has 1 saturated heterocycles. The standard InChI is InChI=1S/C16H23NO5S/c1-3-15(21-2)16(18)17-12-6-8-14(9-7-12)23(19,20)11-13-5-4-10-22-13/h6-9,13,15H,3-5,10-11H2,1-2H3,(H,17,18)/t13-,15-/m1/s1. The van der Waals surface area contributed by atoms with Gasteiger partial charge in [0, 0.05) is 19.4 Å². The lowest BCUT2D eigenvalue weighted by Crippen LogP contribution is -2.28. The molecule has 1 aliphatic rings. The first-order chi connectivity index (χ1) is 11.0. The molecule has 1 heterocycles. The zero-order chi connectivity index (χ0) is 16.9. The molecule has 0 saturated carbocycles. The first kappa shape index (κ1) is 17.9. The fraction of sp³-hybridized carbons (Fsp3) is 0.562. The highest BCUT2D eigenvalue weighted by atomic mass is 32.2. The van der Waals surface area contributed by atoms with Gasteiger partial charge in [-0.15, -0.1) is 0 Å². The van der Waals surface area contributed by atoms with Crippen LogP contribution in [0.1, 0.15) is 26.2 Å². The Bertz CT molecular complexity index is 616. The number of amides is 1. The van der Waals surface area contributed by atoms with Gasteiger partial charge in [0.2, 0.25) is 0 Å². The van der Waals surface area contributed by atoms with Crippen molar-refractivity contribution in [1.82, 2.24) is 0 Å². The van der Waals surface area contributed by atoms with Crippen LogP contribution in [0.4, 0.5) is 5.69 Å². The Morgan fingerprint density at radius 2 is 2.09 bits per heavy atom. The van der Waals surface area contributed by atoms with Crippen LogP contribution in [0.2, 0.25) is 0 Å². The number of methoxy groups -OCH3 is 1. The van der Waals surface area contributed by atoms with Gasteiger partial charge in [-0.05, 0) is 43.5 Å². The van der Waals surface area contributed by atoms with Gasteiger partial charge in [-0.2, -0.15) is 0 Å². The normalized spacial score (nSPS) is 19.5. The van der Waals surface area contributed by atoms with E-state index in [0.717, 1.165) is 12.8 Å². The predicted molar refractivity (Wildman–Crippen MR) is 87.2 cm³/mol. The minimum Gasteiger partial charge on any atom is -0.377 e. The van der Waals surface area contributed by atoms with E-state index in [-0.39, 0.29) is 22.7 Å². The number of hydrogen-bond donors (Lipinski definition) is 1. The lowest BCUT2D eigenvalue weighted by atomic mass is 10.2. The maximum absolute atomic E-state index is 12.3. The third-order valence-corrected chi connectivity index (χ3v) is 5.66. The molecule has 6 nitrogen and oxygen atoms in total. The van der Waals surface area contributed by atoms with Gasteiger partial charge in [-0.3, -0.25) is 4.79 Å². The maximum atomic E-state index is 12.3. The molecule has 2 rings (SSSR count). The van der Waals surface area contributed by atoms with E-state index >= 15 is 0 Å². The molecule has 1 amide bonds. The van der Waals surface area contributed by atoms with E-state index < -0.39 is 15.9 Å². The Balaban J connectivity index is 2.02. The Hall–Kier alpha value is -1.44. The number of nitrogens with one attached hydrogen (secondary N) is 1. The Kier molecular flexibility index (Phi) is 6.15. The molecule has 1 fully saturated rings. The third-order valence-electron chi connectivity index (χ3n) is 3.86. The zero-order valence-electron chi connectivity index (χ0n) is 13.4. The molecule has 0 spiro atoms. The lowest BCUT2D eigenvalue weighted by Gasteiger charge is -2.14. The molecule has 1 aromatic carbocycles. The number of ether oxygens (including phenoxy) is 2. The van der Waals surface area contributed by atoms with Gasteiger partial charge in [-0.1, -0.05) is 6.92 Å². The number of benzene rings is 1. The summed E-state index contributed by atoms with van der Waals surface area (Å²) in [6.45, 7) is 2.48. The molecule has 0 aliphatic carbocycles. The van der Waals surface area contributed by atoms with Gasteiger partial charge in [0.1, 0.15) is 6.10 Å². The van der Waals surface area contributed by atoms with E-state index in [1.54, 1.807) is 12.1 Å². The SMILES string of the molecule is CC[C@@H](OC)C(=O)Nc1ccc(S(=O)(=O)C[C@H]2CCCO2)cc1. The van der Waals surface area contributed by atoms with Crippen LogP contribution in [-0.2, 0) is 24.1 Å². The summed E-state index contributed by atoms with van der Waals surface area (Å²) in [6, 6.07) is 6.19. The number of rotatable bonds is 7. The number of hydrogen-bond acceptors (Lipinski definition) is 5. The van der Waals surface area contributed by atoms with Crippen LogP contribution in [0.5, 0.6) is 0 Å². The van der Waals surface area contributed by atoms with Crippen molar-refractivity contribution in [2.75, 3.05) is 24.8 Å². The summed E-state index contributed by atoms with van der Waals surface area (Å²) in [5.41, 5.74) is 0.543. The molecule has 1 aromatic rings. The summed E-state index contributed by atoms with van der Waals surface area (Å²) in [5, 5.41) is 2.71. The van der Waals surface area contributed by atoms with E-state index in [0.29, 0.717) is 18.7 Å². The number of carbonyl (C=O) groups is 1. The van der Waals surface area contributed by atoms with Gasteiger partial charge in [0.15, 0.2) is 9.84 Å². The Morgan fingerprint density at radius 3 is 2.61 bits per heavy atom. The Labute approximate surface area is 137 Å². The van der Waals surface area contributed by atoms with Crippen LogP contribution in [0.3, 0.4) is 0 Å². The van der Waals surface area contributed by atoms with Crippen molar-refractivity contribution in [1.29, 1.82) is 0 Å². The van der Waals surface area contributed by atoms with Crippen LogP contribution in [0.15, 0.2) is 29.2 Å². The van der Waals surface area contributed by atoms with Crippen molar-refractivity contribution in [2.24, 2.45) is 0 Å². The van der Waals surface area contributed by atoms with E-state index in [1.807, 2.05) is 6.92 Å². The highest BCUT2D eigenvalue weighted by Gasteiger charge is 2.25. The van der Waals surface area contributed by atoms with Gasteiger partial charge in [0.05, 0.1) is 16.8 Å². The van der Waals surface area contributed by atoms with Crippen molar-refractivity contribution < 1.29 is 22.7 Å². The van der Waals surface area contributed by atoms with Crippen molar-refractivity contribution in [3.63, 3.8) is 0 Å². The summed E-state index contributed by atoms with van der Waals surface area (Å²) in [4.78, 5) is 12.2. The van der Waals surface area contributed by atoms with E-state index in [1.165, 1.54) is 19.2 Å². The summed E-state index contributed by atoms with van der Waals surface area (Å²) in [5.74, 6) is -0.245. The molecule has 0 bridgehead atoms. The van der Waals surface area contributed by atoms with E-state index in [9.17, 15) is 13.2 Å². The average Bonchev–Trinajstić information content (AvgIpc) is 3.01. The van der Waals surface area contributed by atoms with Crippen LogP contribution in [0, 0.1) is 0 Å². The first-order valence-corrected chi connectivity index (χ1v) is 9.39. The number of anilines is 1. The Morgan fingerprint density at radius 1 is 1.39 bits per heavy atom. The largest absolute Gasteiger partial charge is 0.377 e. The number of sulfone groups is 1. The molecule has 23 heavy (non-hydrogen) atoms. The van der Waals surface area contributed by atoms with Crippen molar-refractivity contribution >= 4 is 21.4 Å². The van der Waals surface area contributed by atoms with Gasteiger partial charge in [-0.25, -0.2) is 8.42 Å². The molecule has 0 aromatic heterocycles. The van der Waals surface area contributed by atoms with E-state index in [4.69, 9.17) is 9.47 Å². The highest BCUT2D eigenvalue weighted by Crippen LogP contribution is 2.20. The van der Waals surface area contributed by atoms with Crippen molar-refractivity contribution in [3.05, 3.63) is 24.3 Å². The van der Waals surface area contributed by atoms with Gasteiger partial charge >= 0.3 is 0 Å². The smallest absolute Gasteiger partial charge is 0.253 e. The van der Waals surface area contributed by atoms with Crippen molar-refractivity contribution in [2.45, 2.75) is 43.3 Å². The fourth-order valence-electron chi connectivity index (χ4n) is 2.54. The third kappa shape index (κ3) is 4.76. The second-order valence-electron chi connectivity index (χ2n) is 5.56. The topological polar surface area (TPSA) is 81.7 Å². The monoisotopic (exact) mass is 341 g/mol. The molecule has 0 unspecified atom stereocenters. The van der Waals surface area contributed by atoms with E-state index in [2.05, 4.69) is 5.32 Å². The quantitative estimate of drug-likeness (QED) is 0.820. The van der Waals surface area contributed by atoms with Gasteiger partial charge in [0.25, 0.3) is 5.91 Å². The summed E-state index contributed by atoms with van der Waals surface area (Å²) < 4.78 is 35.1. The summed E-state index contributed by atoms with van der Waals surface area (Å²) >= 11 is 0. The van der Waals surface area contributed by atoms with Gasteiger partial charge < -0.3 is 14.8 Å². The zero-order valence-corrected chi connectivity index (χ0v) is 14.3. The number of carbonyl (C=O) groups excluding carboxylic acids is 1. The molecular weight excluding hydrogens is 318 g/mol. The average molecular weight is 341 g/mol. The molecule has 1 aliphatic heterocycles. The minimum absolute atomic E-state index is 0.000287. The van der Waals surface area contributed by atoms with Crippen LogP contribution >= 0.6 is 0 Å². The second kappa shape index (κ2) is 7.90. The highest BCUT2D eigenvalue weighted by molar-refractivity contribution is 7.91. The van der Waals surface area contributed by atoms with Crippen LogP contribution < -0.4 is 5.32 Å². The van der Waals surface area contributed by atoms with Crippen molar-refractivity contribution in [3.8, 4) is 0 Å². The minimum atomic E-state index is -3.38. The molecule has 1 N–H and O–H groups in total. The predicted octanol–water partition coefficient (Wildman–Crippen LogP) is 2.00. The van der Waals surface area contributed by atoms with Crippen LogP contribution in [0.25, 0.3) is 0 Å².